The van der Waals surface area contributed by atoms with Crippen molar-refractivity contribution in [2.45, 2.75) is 37.0 Å². The molecule has 0 atom stereocenters. The van der Waals surface area contributed by atoms with Crippen LogP contribution < -0.4 is 4.90 Å². The van der Waals surface area contributed by atoms with Gasteiger partial charge in [0.05, 0.1) is 5.69 Å². The monoisotopic (exact) mass is 370 g/mol. The zero-order valence-corrected chi connectivity index (χ0v) is 14.2. The van der Waals surface area contributed by atoms with Crippen molar-refractivity contribution < 1.29 is 8.42 Å². The first-order valence-electron chi connectivity index (χ1n) is 7.29. The summed E-state index contributed by atoms with van der Waals surface area (Å²) in [5, 5.41) is 0.944. The number of alkyl halides is 1. The second-order valence-corrected chi connectivity index (χ2v) is 8.15. The van der Waals surface area contributed by atoms with Crippen molar-refractivity contribution in [3.8, 4) is 0 Å². The third-order valence-electron chi connectivity index (χ3n) is 4.48. The smallest absolute Gasteiger partial charge is 0.285 e. The van der Waals surface area contributed by atoms with Gasteiger partial charge in [-0.05, 0) is 30.4 Å². The maximum absolute atomic E-state index is 12.0. The van der Waals surface area contributed by atoms with Gasteiger partial charge in [0.2, 0.25) is 0 Å². The van der Waals surface area contributed by atoms with E-state index in [4.69, 9.17) is 0 Å². The minimum Gasteiger partial charge on any atom is -0.330 e. The lowest BCUT2D eigenvalue weighted by Gasteiger charge is -2.40. The molecular weight excluding hydrogens is 352 g/mol. The average Bonchev–Trinajstić information content (AvgIpc) is 2.52. The molecule has 4 nitrogen and oxygen atoms in total. The number of anilines is 1. The lowest BCUT2D eigenvalue weighted by Crippen LogP contribution is -2.41. The highest BCUT2D eigenvalue weighted by atomic mass is 79.9. The second kappa shape index (κ2) is 5.72. The summed E-state index contributed by atoms with van der Waals surface area (Å²) in [6, 6.07) is 7.12. The molecule has 1 fully saturated rings. The van der Waals surface area contributed by atoms with Crippen LogP contribution in [-0.2, 0) is 10.0 Å². The van der Waals surface area contributed by atoms with Crippen molar-refractivity contribution in [3.05, 3.63) is 24.3 Å². The van der Waals surface area contributed by atoms with Crippen LogP contribution in [0.4, 0.5) is 5.69 Å². The van der Waals surface area contributed by atoms with Gasteiger partial charge in [0.1, 0.15) is 11.2 Å². The quantitative estimate of drug-likeness (QED) is 0.764. The number of benzene rings is 1. The molecule has 0 amide bonds. The first-order chi connectivity index (χ1) is 10.1. The van der Waals surface area contributed by atoms with Crippen LogP contribution in [0.25, 0.3) is 0 Å². The molecule has 21 heavy (non-hydrogen) atoms. The molecule has 0 radical (unpaired) electrons. The molecule has 114 valence electrons. The Morgan fingerprint density at radius 1 is 1.19 bits per heavy atom. The lowest BCUT2D eigenvalue weighted by molar-refractivity contribution is 0.235. The van der Waals surface area contributed by atoms with Gasteiger partial charge in [0, 0.05) is 11.9 Å². The Labute approximate surface area is 134 Å². The van der Waals surface area contributed by atoms with Crippen LogP contribution in [0.2, 0.25) is 0 Å². The molecule has 6 heteroatoms. The standard InChI is InChI=1S/C15H19BrN2O2S/c16-10-15(8-4-1-5-9-15)11-18-12-17-21(19,20)14-7-3-2-6-13(14)18/h2-3,6-7,12H,1,4-5,8-11H2. The van der Waals surface area contributed by atoms with E-state index >= 15 is 0 Å². The molecule has 1 saturated carbocycles. The molecule has 3 rings (SSSR count). The fraction of sp³-hybridized carbons (Fsp3) is 0.533. The third kappa shape index (κ3) is 2.88. The first kappa shape index (κ1) is 15.0. The molecule has 0 N–H and O–H groups in total. The van der Waals surface area contributed by atoms with E-state index in [-0.39, 0.29) is 5.41 Å². The van der Waals surface area contributed by atoms with Crippen LogP contribution in [-0.4, -0.2) is 26.6 Å². The van der Waals surface area contributed by atoms with Gasteiger partial charge in [-0.25, -0.2) is 0 Å². The zero-order chi connectivity index (χ0) is 14.9. The average molecular weight is 371 g/mol. The second-order valence-electron chi connectivity index (χ2n) is 5.99. The minimum absolute atomic E-state index is 0.207. The predicted molar refractivity (Wildman–Crippen MR) is 88.8 cm³/mol. The molecule has 1 aliphatic carbocycles. The van der Waals surface area contributed by atoms with Gasteiger partial charge in [-0.3, -0.25) is 0 Å². The first-order valence-corrected chi connectivity index (χ1v) is 9.85. The van der Waals surface area contributed by atoms with Gasteiger partial charge in [0.25, 0.3) is 10.0 Å². The summed E-state index contributed by atoms with van der Waals surface area (Å²) in [6.07, 6.45) is 7.63. The topological polar surface area (TPSA) is 49.7 Å². The van der Waals surface area contributed by atoms with Gasteiger partial charge in [0.15, 0.2) is 0 Å². The van der Waals surface area contributed by atoms with Crippen LogP contribution in [0.5, 0.6) is 0 Å². The Morgan fingerprint density at radius 3 is 2.62 bits per heavy atom. The summed E-state index contributed by atoms with van der Waals surface area (Å²) in [5.74, 6) is 0. The van der Waals surface area contributed by atoms with E-state index in [1.165, 1.54) is 38.4 Å². The normalized spacial score (nSPS) is 22.8. The van der Waals surface area contributed by atoms with Gasteiger partial charge >= 0.3 is 0 Å². The summed E-state index contributed by atoms with van der Waals surface area (Å²) >= 11 is 3.67. The highest BCUT2D eigenvalue weighted by Gasteiger charge is 2.35. The number of para-hydroxylation sites is 1. The molecule has 0 bridgehead atoms. The summed E-state index contributed by atoms with van der Waals surface area (Å²) in [5.41, 5.74) is 0.955. The van der Waals surface area contributed by atoms with E-state index < -0.39 is 10.0 Å². The largest absolute Gasteiger partial charge is 0.330 e. The molecule has 0 aromatic heterocycles. The SMILES string of the molecule is O=S1(=O)N=CN(CC2(CBr)CCCCC2)c2ccccc21. The van der Waals surface area contributed by atoms with Crippen molar-refractivity contribution in [2.75, 3.05) is 16.8 Å². The zero-order valence-electron chi connectivity index (χ0n) is 11.8. The van der Waals surface area contributed by atoms with Crippen LogP contribution in [0.1, 0.15) is 32.1 Å². The van der Waals surface area contributed by atoms with Crippen LogP contribution >= 0.6 is 15.9 Å². The maximum Gasteiger partial charge on any atom is 0.285 e. The van der Waals surface area contributed by atoms with Gasteiger partial charge < -0.3 is 4.90 Å². The molecule has 1 aromatic rings. The number of fused-ring (bicyclic) bond motifs is 1. The third-order valence-corrected chi connectivity index (χ3v) is 6.94. The van der Waals surface area contributed by atoms with Crippen LogP contribution in [0.3, 0.4) is 0 Å². The summed E-state index contributed by atoms with van der Waals surface area (Å²) in [6.45, 7) is 0.814. The maximum atomic E-state index is 12.0. The Balaban J connectivity index is 1.93. The van der Waals surface area contributed by atoms with E-state index in [0.717, 1.165) is 17.6 Å². The molecule has 0 unspecified atom stereocenters. The van der Waals surface area contributed by atoms with E-state index in [2.05, 4.69) is 20.3 Å². The van der Waals surface area contributed by atoms with E-state index in [0.29, 0.717) is 4.90 Å². The summed E-state index contributed by atoms with van der Waals surface area (Å²) < 4.78 is 27.8. The number of nitrogens with zero attached hydrogens (tertiary/aromatic N) is 2. The fourth-order valence-electron chi connectivity index (χ4n) is 3.27. The Hall–Kier alpha value is -0.880. The highest BCUT2D eigenvalue weighted by molar-refractivity contribution is 9.09. The molecular formula is C15H19BrN2O2S. The van der Waals surface area contributed by atoms with Crippen molar-refractivity contribution in [2.24, 2.45) is 9.81 Å². The number of rotatable bonds is 3. The van der Waals surface area contributed by atoms with Gasteiger partial charge in [-0.1, -0.05) is 47.3 Å². The Morgan fingerprint density at radius 2 is 1.90 bits per heavy atom. The van der Waals surface area contributed by atoms with E-state index in [1.807, 2.05) is 17.0 Å². The number of halogens is 1. The van der Waals surface area contributed by atoms with E-state index in [1.54, 1.807) is 12.1 Å². The van der Waals surface area contributed by atoms with Gasteiger partial charge in [-0.2, -0.15) is 8.42 Å². The molecule has 2 aliphatic rings. The van der Waals surface area contributed by atoms with Crippen molar-refractivity contribution >= 4 is 38.0 Å². The van der Waals surface area contributed by atoms with Crippen LogP contribution in [0, 0.1) is 5.41 Å². The van der Waals surface area contributed by atoms with Crippen molar-refractivity contribution in [1.29, 1.82) is 0 Å². The number of hydrogen-bond acceptors (Lipinski definition) is 3. The van der Waals surface area contributed by atoms with Crippen LogP contribution in [0.15, 0.2) is 33.6 Å². The summed E-state index contributed by atoms with van der Waals surface area (Å²) in [7, 11) is -3.53. The molecule has 1 aliphatic heterocycles. The lowest BCUT2D eigenvalue weighted by atomic mass is 9.75. The van der Waals surface area contributed by atoms with Gasteiger partial charge in [-0.15, -0.1) is 4.40 Å². The van der Waals surface area contributed by atoms with Crippen molar-refractivity contribution in [3.63, 3.8) is 0 Å². The number of sulfonamides is 1. The number of hydrogen-bond donors (Lipinski definition) is 0. The summed E-state index contributed by atoms with van der Waals surface area (Å²) in [4.78, 5) is 2.32. The Bertz CT molecular complexity index is 651. The Kier molecular flexibility index (Phi) is 4.10. The minimum atomic E-state index is -3.53. The molecule has 1 heterocycles. The van der Waals surface area contributed by atoms with Crippen molar-refractivity contribution in [1.82, 2.24) is 0 Å². The fourth-order valence-corrected chi connectivity index (χ4v) is 5.06. The van der Waals surface area contributed by atoms with E-state index in [9.17, 15) is 8.42 Å². The molecule has 1 aromatic carbocycles. The molecule has 0 saturated heterocycles. The predicted octanol–water partition coefficient (Wildman–Crippen LogP) is 3.57. The molecule has 0 spiro atoms. The highest BCUT2D eigenvalue weighted by Crippen LogP contribution is 2.40.